The smallest absolute Gasteiger partial charge is 0.343 e. The summed E-state index contributed by atoms with van der Waals surface area (Å²) < 4.78 is 21.5. The van der Waals surface area contributed by atoms with Gasteiger partial charge in [0, 0.05) is 5.92 Å². The van der Waals surface area contributed by atoms with Crippen molar-refractivity contribution in [3.8, 4) is 17.2 Å². The van der Waals surface area contributed by atoms with Gasteiger partial charge < -0.3 is 18.6 Å². The Morgan fingerprint density at radius 2 is 1.77 bits per heavy atom. The molecule has 3 aromatic rings. The monoisotopic (exact) mass is 352 g/mol. The van der Waals surface area contributed by atoms with Crippen LogP contribution in [0.15, 0.2) is 51.7 Å². The van der Waals surface area contributed by atoms with Gasteiger partial charge >= 0.3 is 11.6 Å². The molecule has 2 aromatic carbocycles. The van der Waals surface area contributed by atoms with E-state index in [0.29, 0.717) is 28.0 Å². The third-order valence-electron chi connectivity index (χ3n) is 4.54. The van der Waals surface area contributed by atoms with Gasteiger partial charge in [-0.3, -0.25) is 4.79 Å². The average Bonchev–Trinajstić information content (AvgIpc) is 2.66. The van der Waals surface area contributed by atoms with Crippen molar-refractivity contribution in [1.29, 1.82) is 0 Å². The van der Waals surface area contributed by atoms with Crippen LogP contribution in [0, 0.1) is 0 Å². The molecule has 0 fully saturated rings. The van der Waals surface area contributed by atoms with Gasteiger partial charge in [0.1, 0.15) is 5.58 Å². The van der Waals surface area contributed by atoms with E-state index in [1.807, 2.05) is 6.07 Å². The number of esters is 1. The zero-order valence-corrected chi connectivity index (χ0v) is 14.3. The molecule has 1 aliphatic rings. The highest BCUT2D eigenvalue weighted by Crippen LogP contribution is 2.42. The van der Waals surface area contributed by atoms with E-state index in [0.717, 1.165) is 5.56 Å². The second kappa shape index (κ2) is 6.22. The second-order valence-corrected chi connectivity index (χ2v) is 5.97. The Labute approximate surface area is 148 Å². The first-order valence-electron chi connectivity index (χ1n) is 8.10. The van der Waals surface area contributed by atoms with E-state index < -0.39 is 17.5 Å². The third-order valence-corrected chi connectivity index (χ3v) is 4.54. The maximum Gasteiger partial charge on any atom is 0.343 e. The Morgan fingerprint density at radius 3 is 2.54 bits per heavy atom. The van der Waals surface area contributed by atoms with Gasteiger partial charge in [-0.1, -0.05) is 18.2 Å². The summed E-state index contributed by atoms with van der Waals surface area (Å²) >= 11 is 0. The van der Waals surface area contributed by atoms with E-state index in [1.165, 1.54) is 7.11 Å². The zero-order valence-electron chi connectivity index (χ0n) is 14.3. The molecule has 0 N–H and O–H groups in total. The molecule has 1 aromatic heterocycles. The number of rotatable bonds is 3. The topological polar surface area (TPSA) is 75.0 Å². The Kier molecular flexibility index (Phi) is 3.88. The molecule has 4 rings (SSSR count). The van der Waals surface area contributed by atoms with Gasteiger partial charge in [0.15, 0.2) is 17.2 Å². The van der Waals surface area contributed by atoms with Crippen molar-refractivity contribution < 1.29 is 23.4 Å². The normalized spacial score (nSPS) is 16.1. The van der Waals surface area contributed by atoms with Crippen LogP contribution in [0.5, 0.6) is 17.2 Å². The fraction of sp³-hybridized carbons (Fsp3) is 0.200. The summed E-state index contributed by atoms with van der Waals surface area (Å²) in [4.78, 5) is 24.9. The summed E-state index contributed by atoms with van der Waals surface area (Å²) in [5, 5.41) is 0.598. The third kappa shape index (κ3) is 2.50. The molecule has 1 aliphatic heterocycles. The Balaban J connectivity index is 1.95. The minimum absolute atomic E-state index is 0.0472. The van der Waals surface area contributed by atoms with Crippen molar-refractivity contribution >= 4 is 16.9 Å². The van der Waals surface area contributed by atoms with Crippen molar-refractivity contribution in [2.24, 2.45) is 0 Å². The molecule has 2 heterocycles. The van der Waals surface area contributed by atoms with Crippen LogP contribution in [0.1, 0.15) is 23.5 Å². The summed E-state index contributed by atoms with van der Waals surface area (Å²) in [5.41, 5.74) is 0.974. The van der Waals surface area contributed by atoms with Crippen LogP contribution in [0.4, 0.5) is 0 Å². The van der Waals surface area contributed by atoms with Gasteiger partial charge in [0.25, 0.3) is 0 Å². The number of fused-ring (bicyclic) bond motifs is 3. The number of hydrogen-bond donors (Lipinski definition) is 0. The first-order chi connectivity index (χ1) is 12.6. The van der Waals surface area contributed by atoms with Crippen LogP contribution in [0.2, 0.25) is 0 Å². The number of benzene rings is 2. The van der Waals surface area contributed by atoms with Crippen LogP contribution >= 0.6 is 0 Å². The van der Waals surface area contributed by atoms with Crippen molar-refractivity contribution in [3.05, 3.63) is 64.0 Å². The van der Waals surface area contributed by atoms with Crippen molar-refractivity contribution in [1.82, 2.24) is 0 Å². The minimum atomic E-state index is -0.508. The molecule has 6 nitrogen and oxygen atoms in total. The minimum Gasteiger partial charge on any atom is -0.493 e. The molecule has 1 atom stereocenters. The highest BCUT2D eigenvalue weighted by atomic mass is 16.5. The predicted molar refractivity (Wildman–Crippen MR) is 94.1 cm³/mol. The Bertz CT molecular complexity index is 1070. The number of ether oxygens (including phenoxy) is 3. The van der Waals surface area contributed by atoms with E-state index >= 15 is 0 Å². The fourth-order valence-corrected chi connectivity index (χ4v) is 3.32. The summed E-state index contributed by atoms with van der Waals surface area (Å²) in [5.74, 6) is 0.490. The summed E-state index contributed by atoms with van der Waals surface area (Å²) in [7, 11) is 3.08. The number of hydrogen-bond acceptors (Lipinski definition) is 6. The lowest BCUT2D eigenvalue weighted by molar-refractivity contribution is -0.135. The molecule has 26 heavy (non-hydrogen) atoms. The van der Waals surface area contributed by atoms with E-state index in [-0.39, 0.29) is 12.2 Å². The highest BCUT2D eigenvalue weighted by Gasteiger charge is 2.34. The Hall–Kier alpha value is -3.28. The first-order valence-corrected chi connectivity index (χ1v) is 8.10. The predicted octanol–water partition coefficient (Wildman–Crippen LogP) is 3.25. The summed E-state index contributed by atoms with van der Waals surface area (Å²) in [6, 6.07) is 12.3. The number of carbonyl (C=O) groups excluding carboxylic acids is 1. The van der Waals surface area contributed by atoms with Crippen molar-refractivity contribution in [2.75, 3.05) is 14.2 Å². The maximum absolute atomic E-state index is 12.6. The standard InChI is InChI=1S/C20H16O6/c1-23-15-8-7-11(9-16(15)24-2)13-10-17(21)26-19-12-5-3-4-6-14(12)25-20(22)18(13)19/h3-9,13H,10H2,1-2H3/t13-/m0/s1. The molecule has 6 heteroatoms. The average molecular weight is 352 g/mol. The van der Waals surface area contributed by atoms with E-state index in [9.17, 15) is 9.59 Å². The lowest BCUT2D eigenvalue weighted by Gasteiger charge is -2.24. The first kappa shape index (κ1) is 16.2. The van der Waals surface area contributed by atoms with Gasteiger partial charge in [-0.2, -0.15) is 0 Å². The van der Waals surface area contributed by atoms with Crippen LogP contribution in [0.25, 0.3) is 11.0 Å². The van der Waals surface area contributed by atoms with Crippen molar-refractivity contribution in [3.63, 3.8) is 0 Å². The van der Waals surface area contributed by atoms with Gasteiger partial charge in [0.05, 0.1) is 31.6 Å². The fourth-order valence-electron chi connectivity index (χ4n) is 3.32. The zero-order chi connectivity index (χ0) is 18.3. The Morgan fingerprint density at radius 1 is 1.00 bits per heavy atom. The molecule has 0 bridgehead atoms. The number of methoxy groups -OCH3 is 2. The molecule has 132 valence electrons. The molecule has 0 saturated carbocycles. The van der Waals surface area contributed by atoms with Gasteiger partial charge in [-0.05, 0) is 29.8 Å². The lowest BCUT2D eigenvalue weighted by atomic mass is 9.86. The van der Waals surface area contributed by atoms with Gasteiger partial charge in [-0.25, -0.2) is 4.79 Å². The van der Waals surface area contributed by atoms with Crippen molar-refractivity contribution in [2.45, 2.75) is 12.3 Å². The highest BCUT2D eigenvalue weighted by molar-refractivity contribution is 5.90. The van der Waals surface area contributed by atoms with Crippen LogP contribution in [-0.2, 0) is 4.79 Å². The van der Waals surface area contributed by atoms with Crippen LogP contribution < -0.4 is 19.8 Å². The molecule has 0 saturated heterocycles. The quantitative estimate of drug-likeness (QED) is 0.532. The van der Waals surface area contributed by atoms with E-state index in [1.54, 1.807) is 43.5 Å². The molecular weight excluding hydrogens is 336 g/mol. The molecule has 0 amide bonds. The van der Waals surface area contributed by atoms with Crippen LogP contribution in [-0.4, -0.2) is 20.2 Å². The molecule has 0 unspecified atom stereocenters. The molecule has 0 spiro atoms. The van der Waals surface area contributed by atoms with Crippen LogP contribution in [0.3, 0.4) is 0 Å². The summed E-state index contributed by atoms with van der Waals surface area (Å²) in [6.45, 7) is 0. The van der Waals surface area contributed by atoms with Gasteiger partial charge in [0.2, 0.25) is 0 Å². The number of para-hydroxylation sites is 1. The molecular formula is C20H16O6. The summed E-state index contributed by atoms with van der Waals surface area (Å²) in [6.07, 6.45) is 0.0472. The second-order valence-electron chi connectivity index (χ2n) is 5.97. The SMILES string of the molecule is COc1ccc([C@@H]2CC(=O)Oc3c2c(=O)oc2ccccc32)cc1OC. The molecule has 0 radical (unpaired) electrons. The van der Waals surface area contributed by atoms with Gasteiger partial charge in [-0.15, -0.1) is 0 Å². The molecule has 0 aliphatic carbocycles. The number of carbonyl (C=O) groups is 1. The maximum atomic E-state index is 12.6. The lowest BCUT2D eigenvalue weighted by Crippen LogP contribution is -2.26. The van der Waals surface area contributed by atoms with E-state index in [4.69, 9.17) is 18.6 Å². The largest absolute Gasteiger partial charge is 0.493 e. The van der Waals surface area contributed by atoms with E-state index in [2.05, 4.69) is 0 Å².